The van der Waals surface area contributed by atoms with Crippen LogP contribution in [0.3, 0.4) is 0 Å². The minimum atomic E-state index is 0.323. The molecule has 2 aliphatic heterocycles. The second-order valence-electron chi connectivity index (χ2n) is 6.60. The van der Waals surface area contributed by atoms with Gasteiger partial charge in [-0.15, -0.1) is 0 Å². The van der Waals surface area contributed by atoms with Crippen molar-refractivity contribution in [3.8, 4) is 0 Å². The number of fused-ring (bicyclic) bond motifs is 1. The molecule has 5 nitrogen and oxygen atoms in total. The maximum atomic E-state index is 6.12. The summed E-state index contributed by atoms with van der Waals surface area (Å²) in [5.74, 6) is 1.03. The molecule has 0 N–H and O–H groups in total. The van der Waals surface area contributed by atoms with E-state index in [0.29, 0.717) is 6.10 Å². The Morgan fingerprint density at radius 2 is 2.09 bits per heavy atom. The normalized spacial score (nSPS) is 23.0. The summed E-state index contributed by atoms with van der Waals surface area (Å²) in [6.07, 6.45) is 9.04. The first-order valence-electron chi connectivity index (χ1n) is 8.81. The van der Waals surface area contributed by atoms with Crippen molar-refractivity contribution < 1.29 is 9.15 Å². The predicted octanol–water partition coefficient (Wildman–Crippen LogP) is 2.91. The molecule has 2 aromatic heterocycles. The molecule has 23 heavy (non-hydrogen) atoms. The average Bonchev–Trinajstić information content (AvgIpc) is 3.24. The van der Waals surface area contributed by atoms with Crippen molar-refractivity contribution >= 4 is 16.8 Å². The van der Waals surface area contributed by atoms with Crippen molar-refractivity contribution in [3.05, 3.63) is 24.6 Å². The van der Waals surface area contributed by atoms with E-state index in [-0.39, 0.29) is 0 Å². The summed E-state index contributed by atoms with van der Waals surface area (Å²) >= 11 is 0. The van der Waals surface area contributed by atoms with E-state index in [0.717, 1.165) is 49.4 Å². The fourth-order valence-corrected chi connectivity index (χ4v) is 3.72. The molecule has 2 aromatic rings. The number of hydrogen-bond acceptors (Lipinski definition) is 5. The second-order valence-corrected chi connectivity index (χ2v) is 6.60. The van der Waals surface area contributed by atoms with Crippen LogP contribution in [-0.4, -0.2) is 55.3 Å². The quantitative estimate of drug-likeness (QED) is 0.848. The number of furan rings is 1. The Bertz CT molecular complexity index is 636. The van der Waals surface area contributed by atoms with Gasteiger partial charge in [-0.25, -0.2) is 4.98 Å². The number of ether oxygens (including phenoxy) is 1. The summed E-state index contributed by atoms with van der Waals surface area (Å²) in [6, 6.07) is 3.92. The Morgan fingerprint density at radius 1 is 1.17 bits per heavy atom. The Kier molecular flexibility index (Phi) is 4.48. The maximum absolute atomic E-state index is 6.12. The summed E-state index contributed by atoms with van der Waals surface area (Å²) < 4.78 is 11.6. The SMILES string of the molecule is c1cc2occc2c(N2CC[C@@H](OCCN3CCCCC3)C2)n1. The molecule has 0 amide bonds. The van der Waals surface area contributed by atoms with E-state index < -0.39 is 0 Å². The Balaban J connectivity index is 1.30. The lowest BCUT2D eigenvalue weighted by atomic mass is 10.1. The van der Waals surface area contributed by atoms with Gasteiger partial charge in [0.2, 0.25) is 0 Å². The minimum Gasteiger partial charge on any atom is -0.464 e. The monoisotopic (exact) mass is 315 g/mol. The van der Waals surface area contributed by atoms with Crippen LogP contribution in [0.5, 0.6) is 0 Å². The highest BCUT2D eigenvalue weighted by Gasteiger charge is 2.25. The number of pyridine rings is 1. The van der Waals surface area contributed by atoms with Gasteiger partial charge in [-0.2, -0.15) is 0 Å². The number of anilines is 1. The molecule has 2 aliphatic rings. The zero-order valence-corrected chi connectivity index (χ0v) is 13.6. The molecular weight excluding hydrogens is 290 g/mol. The van der Waals surface area contributed by atoms with Gasteiger partial charge in [0.25, 0.3) is 0 Å². The van der Waals surface area contributed by atoms with Gasteiger partial charge < -0.3 is 19.0 Å². The van der Waals surface area contributed by atoms with E-state index in [2.05, 4.69) is 14.8 Å². The number of nitrogens with zero attached hydrogens (tertiary/aromatic N) is 3. The van der Waals surface area contributed by atoms with Gasteiger partial charge in [-0.3, -0.25) is 0 Å². The molecule has 0 aliphatic carbocycles. The van der Waals surface area contributed by atoms with E-state index in [4.69, 9.17) is 9.15 Å². The van der Waals surface area contributed by atoms with Gasteiger partial charge in [0.05, 0.1) is 24.4 Å². The number of piperidine rings is 1. The van der Waals surface area contributed by atoms with Crippen LogP contribution in [-0.2, 0) is 4.74 Å². The third-order valence-corrected chi connectivity index (χ3v) is 5.01. The molecule has 4 rings (SSSR count). The van der Waals surface area contributed by atoms with Crippen molar-refractivity contribution in [3.63, 3.8) is 0 Å². The topological polar surface area (TPSA) is 41.7 Å². The van der Waals surface area contributed by atoms with E-state index in [1.165, 1.54) is 32.4 Å². The van der Waals surface area contributed by atoms with Gasteiger partial charge >= 0.3 is 0 Å². The Labute approximate surface area is 137 Å². The van der Waals surface area contributed by atoms with Crippen LogP contribution in [0.25, 0.3) is 11.0 Å². The number of likely N-dealkylation sites (tertiary alicyclic amines) is 1. The standard InChI is InChI=1S/C18H25N3O2/c1-2-8-20(9-3-1)11-13-22-15-5-10-21(14-15)18-16-6-12-23-17(16)4-7-19-18/h4,6-7,12,15H,1-3,5,8-11,13-14H2/t15-/m1/s1. The molecule has 4 heterocycles. The lowest BCUT2D eigenvalue weighted by Crippen LogP contribution is -2.34. The number of rotatable bonds is 5. The fraction of sp³-hybridized carbons (Fsp3) is 0.611. The largest absolute Gasteiger partial charge is 0.464 e. The molecule has 0 saturated carbocycles. The molecule has 2 fully saturated rings. The molecule has 0 unspecified atom stereocenters. The zero-order chi connectivity index (χ0) is 15.5. The van der Waals surface area contributed by atoms with Gasteiger partial charge in [0.15, 0.2) is 0 Å². The maximum Gasteiger partial charge on any atom is 0.139 e. The van der Waals surface area contributed by atoms with Crippen molar-refractivity contribution in [1.82, 2.24) is 9.88 Å². The first-order chi connectivity index (χ1) is 11.4. The minimum absolute atomic E-state index is 0.323. The Hall–Kier alpha value is -1.59. The highest BCUT2D eigenvalue weighted by molar-refractivity contribution is 5.88. The highest BCUT2D eigenvalue weighted by Crippen LogP contribution is 2.28. The van der Waals surface area contributed by atoms with Crippen LogP contribution in [0.15, 0.2) is 29.0 Å². The summed E-state index contributed by atoms with van der Waals surface area (Å²) in [4.78, 5) is 9.41. The van der Waals surface area contributed by atoms with Crippen molar-refractivity contribution in [2.45, 2.75) is 31.8 Å². The van der Waals surface area contributed by atoms with Gasteiger partial charge in [0.1, 0.15) is 11.4 Å². The molecular formula is C18H25N3O2. The van der Waals surface area contributed by atoms with E-state index in [1.54, 1.807) is 6.26 Å². The first-order valence-corrected chi connectivity index (χ1v) is 8.81. The molecule has 0 radical (unpaired) electrons. The number of aromatic nitrogens is 1. The van der Waals surface area contributed by atoms with Crippen molar-refractivity contribution in [2.75, 3.05) is 44.2 Å². The van der Waals surface area contributed by atoms with E-state index >= 15 is 0 Å². The summed E-state index contributed by atoms with van der Waals surface area (Å²) in [5.41, 5.74) is 0.907. The highest BCUT2D eigenvalue weighted by atomic mass is 16.5. The molecule has 1 atom stereocenters. The van der Waals surface area contributed by atoms with Crippen LogP contribution in [0.4, 0.5) is 5.82 Å². The molecule has 5 heteroatoms. The average molecular weight is 315 g/mol. The first kappa shape index (κ1) is 15.0. The zero-order valence-electron chi connectivity index (χ0n) is 13.6. The van der Waals surface area contributed by atoms with Crippen molar-refractivity contribution in [2.24, 2.45) is 0 Å². The lowest BCUT2D eigenvalue weighted by molar-refractivity contribution is 0.0467. The summed E-state index contributed by atoms with van der Waals surface area (Å²) in [5, 5.41) is 1.10. The van der Waals surface area contributed by atoms with Crippen LogP contribution in [0.2, 0.25) is 0 Å². The van der Waals surface area contributed by atoms with Crippen LogP contribution >= 0.6 is 0 Å². The van der Waals surface area contributed by atoms with Gasteiger partial charge in [0, 0.05) is 25.8 Å². The van der Waals surface area contributed by atoms with Gasteiger partial charge in [-0.05, 0) is 44.5 Å². The smallest absolute Gasteiger partial charge is 0.139 e. The molecule has 0 aromatic carbocycles. The van der Waals surface area contributed by atoms with Crippen LogP contribution < -0.4 is 4.90 Å². The Morgan fingerprint density at radius 3 is 3.00 bits per heavy atom. The predicted molar refractivity (Wildman–Crippen MR) is 90.9 cm³/mol. The van der Waals surface area contributed by atoms with Crippen molar-refractivity contribution in [1.29, 1.82) is 0 Å². The van der Waals surface area contributed by atoms with E-state index in [9.17, 15) is 0 Å². The summed E-state index contributed by atoms with van der Waals surface area (Å²) in [6.45, 7) is 6.34. The van der Waals surface area contributed by atoms with Crippen LogP contribution in [0, 0.1) is 0 Å². The summed E-state index contributed by atoms with van der Waals surface area (Å²) in [7, 11) is 0. The fourth-order valence-electron chi connectivity index (χ4n) is 3.72. The molecule has 2 saturated heterocycles. The second kappa shape index (κ2) is 6.89. The number of hydrogen-bond donors (Lipinski definition) is 0. The molecule has 124 valence electrons. The third-order valence-electron chi connectivity index (χ3n) is 5.01. The van der Waals surface area contributed by atoms with E-state index in [1.807, 2.05) is 18.3 Å². The third kappa shape index (κ3) is 3.35. The van der Waals surface area contributed by atoms with Crippen LogP contribution in [0.1, 0.15) is 25.7 Å². The van der Waals surface area contributed by atoms with Gasteiger partial charge in [-0.1, -0.05) is 6.42 Å². The molecule has 0 spiro atoms. The lowest BCUT2D eigenvalue weighted by Gasteiger charge is -2.26. The molecule has 0 bridgehead atoms.